The maximum absolute atomic E-state index is 12.5. The topological polar surface area (TPSA) is 40.6 Å². The first-order chi connectivity index (χ1) is 10.0. The van der Waals surface area contributed by atoms with Crippen LogP contribution >= 0.6 is 27.5 Å². The molecule has 1 fully saturated rings. The summed E-state index contributed by atoms with van der Waals surface area (Å²) in [6.45, 7) is 4.40. The molecule has 1 heterocycles. The molecular weight excluding hydrogens is 356 g/mol. The zero-order chi connectivity index (χ0) is 15.4. The molecule has 0 spiro atoms. The van der Waals surface area contributed by atoms with E-state index in [-0.39, 0.29) is 11.8 Å². The first-order valence-corrected chi connectivity index (χ1v) is 8.21. The number of carbonyl (C=O) groups is 2. The number of hydrogen-bond acceptors (Lipinski definition) is 2. The zero-order valence-electron chi connectivity index (χ0n) is 11.9. The Morgan fingerprint density at radius 2 is 1.81 bits per heavy atom. The van der Waals surface area contributed by atoms with Gasteiger partial charge < -0.3 is 9.80 Å². The minimum atomic E-state index is -0.0380. The molecule has 0 aliphatic carbocycles. The van der Waals surface area contributed by atoms with Crippen LogP contribution < -0.4 is 0 Å². The molecule has 1 aromatic carbocycles. The summed E-state index contributed by atoms with van der Waals surface area (Å²) >= 11 is 9.35. The van der Waals surface area contributed by atoms with Gasteiger partial charge in [-0.15, -0.1) is 0 Å². The Morgan fingerprint density at radius 3 is 2.48 bits per heavy atom. The summed E-state index contributed by atoms with van der Waals surface area (Å²) in [5.74, 6) is 0.110. The van der Waals surface area contributed by atoms with Gasteiger partial charge in [0.15, 0.2) is 0 Å². The van der Waals surface area contributed by atoms with Crippen LogP contribution in [0.1, 0.15) is 30.1 Å². The van der Waals surface area contributed by atoms with Gasteiger partial charge in [0.2, 0.25) is 5.91 Å². The maximum Gasteiger partial charge on any atom is 0.254 e. The van der Waals surface area contributed by atoms with Crippen molar-refractivity contribution in [1.29, 1.82) is 0 Å². The summed E-state index contributed by atoms with van der Waals surface area (Å²) in [7, 11) is 0. The lowest BCUT2D eigenvalue weighted by atomic mass is 10.2. The van der Waals surface area contributed by atoms with Gasteiger partial charge in [-0.1, -0.05) is 34.5 Å². The van der Waals surface area contributed by atoms with Gasteiger partial charge in [-0.3, -0.25) is 9.59 Å². The molecule has 0 unspecified atom stereocenters. The molecule has 0 aromatic heterocycles. The summed E-state index contributed by atoms with van der Waals surface area (Å²) in [5, 5.41) is 0.533. The van der Waals surface area contributed by atoms with Crippen molar-refractivity contribution in [1.82, 2.24) is 9.80 Å². The van der Waals surface area contributed by atoms with E-state index in [9.17, 15) is 9.59 Å². The Hall–Kier alpha value is -1.07. The summed E-state index contributed by atoms with van der Waals surface area (Å²) in [4.78, 5) is 27.9. The molecule has 21 heavy (non-hydrogen) atoms. The molecule has 0 saturated carbocycles. The van der Waals surface area contributed by atoms with Crippen molar-refractivity contribution in [2.24, 2.45) is 0 Å². The lowest BCUT2D eigenvalue weighted by Gasteiger charge is -2.22. The van der Waals surface area contributed by atoms with Crippen molar-refractivity contribution in [3.8, 4) is 0 Å². The molecule has 2 amide bonds. The lowest BCUT2D eigenvalue weighted by Crippen LogP contribution is -2.37. The van der Waals surface area contributed by atoms with Gasteiger partial charge in [0.1, 0.15) is 0 Å². The van der Waals surface area contributed by atoms with Gasteiger partial charge in [-0.25, -0.2) is 0 Å². The van der Waals surface area contributed by atoms with Gasteiger partial charge in [-0.05, 0) is 24.6 Å². The quantitative estimate of drug-likeness (QED) is 0.799. The van der Waals surface area contributed by atoms with Crippen LogP contribution in [-0.4, -0.2) is 47.8 Å². The van der Waals surface area contributed by atoms with E-state index in [0.29, 0.717) is 36.6 Å². The highest BCUT2D eigenvalue weighted by Crippen LogP contribution is 2.21. The second-order valence-corrected chi connectivity index (χ2v) is 6.39. The monoisotopic (exact) mass is 372 g/mol. The van der Waals surface area contributed by atoms with Crippen LogP contribution in [0, 0.1) is 0 Å². The molecule has 2 rings (SSSR count). The number of carbonyl (C=O) groups excluding carboxylic acids is 2. The lowest BCUT2D eigenvalue weighted by molar-refractivity contribution is -0.130. The highest BCUT2D eigenvalue weighted by Gasteiger charge is 2.22. The van der Waals surface area contributed by atoms with Gasteiger partial charge in [-0.2, -0.15) is 0 Å². The number of nitrogens with zero attached hydrogens (tertiary/aromatic N) is 2. The third-order valence-corrected chi connectivity index (χ3v) is 4.22. The standard InChI is InChI=1S/C15H18BrClN2O2/c1-2-14(20)18-4-3-5-19(7-6-18)15(21)11-8-12(16)10-13(17)9-11/h8-10H,2-7H2,1H3. The maximum atomic E-state index is 12.5. The number of rotatable bonds is 2. The highest BCUT2D eigenvalue weighted by molar-refractivity contribution is 9.10. The average molecular weight is 374 g/mol. The van der Waals surface area contributed by atoms with E-state index in [0.717, 1.165) is 17.4 Å². The van der Waals surface area contributed by atoms with Crippen molar-refractivity contribution in [3.63, 3.8) is 0 Å². The van der Waals surface area contributed by atoms with Crippen molar-refractivity contribution < 1.29 is 9.59 Å². The Balaban J connectivity index is 2.08. The molecule has 0 radical (unpaired) electrons. The van der Waals surface area contributed by atoms with Crippen molar-refractivity contribution in [3.05, 3.63) is 33.3 Å². The summed E-state index contributed by atoms with van der Waals surface area (Å²) in [6.07, 6.45) is 1.31. The predicted molar refractivity (Wildman–Crippen MR) is 86.5 cm³/mol. The molecular formula is C15H18BrClN2O2. The van der Waals surface area contributed by atoms with Gasteiger partial charge in [0, 0.05) is 47.7 Å². The van der Waals surface area contributed by atoms with E-state index in [4.69, 9.17) is 11.6 Å². The molecule has 0 atom stereocenters. The van der Waals surface area contributed by atoms with Crippen LogP contribution in [0.4, 0.5) is 0 Å². The number of amides is 2. The minimum absolute atomic E-state index is 0.0380. The van der Waals surface area contributed by atoms with Crippen molar-refractivity contribution in [2.75, 3.05) is 26.2 Å². The van der Waals surface area contributed by atoms with Gasteiger partial charge in [0.05, 0.1) is 0 Å². The number of hydrogen-bond donors (Lipinski definition) is 0. The minimum Gasteiger partial charge on any atom is -0.341 e. The van der Waals surface area contributed by atoms with Crippen LogP contribution in [0.5, 0.6) is 0 Å². The molecule has 1 saturated heterocycles. The van der Waals surface area contributed by atoms with Crippen molar-refractivity contribution >= 4 is 39.3 Å². The first kappa shape index (κ1) is 16.3. The molecule has 0 bridgehead atoms. The third-order valence-electron chi connectivity index (χ3n) is 3.55. The van der Waals surface area contributed by atoms with E-state index in [1.165, 1.54) is 0 Å². The van der Waals surface area contributed by atoms with E-state index in [1.54, 1.807) is 23.1 Å². The van der Waals surface area contributed by atoms with E-state index in [2.05, 4.69) is 15.9 Å². The molecule has 0 N–H and O–H groups in total. The van der Waals surface area contributed by atoms with Crippen LogP contribution in [0.3, 0.4) is 0 Å². The molecule has 1 aromatic rings. The fourth-order valence-electron chi connectivity index (χ4n) is 2.45. The zero-order valence-corrected chi connectivity index (χ0v) is 14.3. The predicted octanol–water partition coefficient (Wildman–Crippen LogP) is 3.19. The fraction of sp³-hybridized carbons (Fsp3) is 0.467. The normalized spacial score (nSPS) is 15.8. The molecule has 1 aliphatic heterocycles. The third kappa shape index (κ3) is 4.20. The highest BCUT2D eigenvalue weighted by atomic mass is 79.9. The van der Waals surface area contributed by atoms with E-state index in [1.807, 2.05) is 11.8 Å². The average Bonchev–Trinajstić information content (AvgIpc) is 2.70. The SMILES string of the molecule is CCC(=O)N1CCCN(C(=O)c2cc(Cl)cc(Br)c2)CC1. The van der Waals surface area contributed by atoms with Gasteiger partial charge >= 0.3 is 0 Å². The largest absolute Gasteiger partial charge is 0.341 e. The smallest absolute Gasteiger partial charge is 0.254 e. The van der Waals surface area contributed by atoms with Crippen LogP contribution in [0.25, 0.3) is 0 Å². The molecule has 114 valence electrons. The molecule has 4 nitrogen and oxygen atoms in total. The first-order valence-electron chi connectivity index (χ1n) is 7.04. The molecule has 1 aliphatic rings. The van der Waals surface area contributed by atoms with Crippen LogP contribution in [-0.2, 0) is 4.79 Å². The Kier molecular flexibility index (Phi) is 5.65. The number of benzene rings is 1. The van der Waals surface area contributed by atoms with Crippen molar-refractivity contribution in [2.45, 2.75) is 19.8 Å². The van der Waals surface area contributed by atoms with E-state index >= 15 is 0 Å². The van der Waals surface area contributed by atoms with Crippen LogP contribution in [0.15, 0.2) is 22.7 Å². The van der Waals surface area contributed by atoms with Gasteiger partial charge in [0.25, 0.3) is 5.91 Å². The second kappa shape index (κ2) is 7.27. The second-order valence-electron chi connectivity index (χ2n) is 5.04. The number of halogens is 2. The summed E-state index contributed by atoms with van der Waals surface area (Å²) in [6, 6.07) is 5.20. The summed E-state index contributed by atoms with van der Waals surface area (Å²) in [5.41, 5.74) is 0.574. The Bertz CT molecular complexity index is 530. The summed E-state index contributed by atoms with van der Waals surface area (Å²) < 4.78 is 0.788. The van der Waals surface area contributed by atoms with Crippen LogP contribution in [0.2, 0.25) is 5.02 Å². The fourth-order valence-corrected chi connectivity index (χ4v) is 3.31. The molecule has 6 heteroatoms. The Morgan fingerprint density at radius 1 is 1.14 bits per heavy atom. The Labute approximate surface area is 138 Å². The van der Waals surface area contributed by atoms with E-state index < -0.39 is 0 Å².